The molecule has 0 saturated carbocycles. The van der Waals surface area contributed by atoms with Crippen LogP contribution in [0.5, 0.6) is 0 Å². The molecule has 0 aromatic heterocycles. The van der Waals surface area contributed by atoms with Crippen molar-refractivity contribution in [3.63, 3.8) is 0 Å². The molecule has 2 rings (SSSR count). The number of hydrogen-bond acceptors (Lipinski definition) is 4. The maximum absolute atomic E-state index is 12.8. The van der Waals surface area contributed by atoms with E-state index in [9.17, 15) is 8.42 Å². The largest absolute Gasteiger partial charge is 0.381 e. The lowest BCUT2D eigenvalue weighted by atomic mass is 10.0. The summed E-state index contributed by atoms with van der Waals surface area (Å²) in [7, 11) is -3.17. The molecule has 0 aliphatic carbocycles. The van der Waals surface area contributed by atoms with Gasteiger partial charge in [0.25, 0.3) is 0 Å². The molecule has 0 aromatic rings. The summed E-state index contributed by atoms with van der Waals surface area (Å²) in [5, 5.41) is 3.15. The van der Waals surface area contributed by atoms with Crippen LogP contribution in [0.2, 0.25) is 0 Å². The second-order valence-electron chi connectivity index (χ2n) is 6.18. The van der Waals surface area contributed by atoms with Crippen molar-refractivity contribution in [1.29, 1.82) is 0 Å². The van der Waals surface area contributed by atoms with Crippen LogP contribution in [-0.4, -0.2) is 56.4 Å². The summed E-state index contributed by atoms with van der Waals surface area (Å²) >= 11 is 0. The third-order valence-electron chi connectivity index (χ3n) is 4.25. The van der Waals surface area contributed by atoms with Gasteiger partial charge in [0.15, 0.2) is 0 Å². The van der Waals surface area contributed by atoms with Gasteiger partial charge in [0, 0.05) is 38.4 Å². The van der Waals surface area contributed by atoms with Gasteiger partial charge in [0.05, 0.1) is 5.25 Å². The zero-order valence-electron chi connectivity index (χ0n) is 12.7. The van der Waals surface area contributed by atoms with E-state index in [-0.39, 0.29) is 11.3 Å². The Bertz CT molecular complexity index is 391. The second-order valence-corrected chi connectivity index (χ2v) is 8.35. The Balaban J connectivity index is 2.05. The van der Waals surface area contributed by atoms with E-state index in [0.29, 0.717) is 38.6 Å². The van der Waals surface area contributed by atoms with E-state index in [1.807, 2.05) is 0 Å². The van der Waals surface area contributed by atoms with Gasteiger partial charge in [-0.2, -0.15) is 4.31 Å². The molecule has 2 aliphatic rings. The van der Waals surface area contributed by atoms with Crippen LogP contribution in [0.4, 0.5) is 0 Å². The van der Waals surface area contributed by atoms with Crippen molar-refractivity contribution in [1.82, 2.24) is 9.62 Å². The summed E-state index contributed by atoms with van der Waals surface area (Å²) in [6.07, 6.45) is 4.37. The van der Waals surface area contributed by atoms with Crippen molar-refractivity contribution in [2.45, 2.75) is 63.3 Å². The summed E-state index contributed by atoms with van der Waals surface area (Å²) in [5.74, 6) is 0. The molecule has 5 nitrogen and oxygen atoms in total. The fraction of sp³-hybridized carbons (Fsp3) is 1.00. The quantitative estimate of drug-likeness (QED) is 0.833. The van der Waals surface area contributed by atoms with Gasteiger partial charge in [-0.15, -0.1) is 0 Å². The summed E-state index contributed by atoms with van der Waals surface area (Å²) in [6, 6.07) is 0.517. The van der Waals surface area contributed by atoms with Crippen LogP contribution in [0.15, 0.2) is 0 Å². The molecule has 20 heavy (non-hydrogen) atoms. The summed E-state index contributed by atoms with van der Waals surface area (Å²) in [5.41, 5.74) is 0. The molecule has 0 bridgehead atoms. The number of sulfonamides is 1. The van der Waals surface area contributed by atoms with Crippen LogP contribution >= 0.6 is 0 Å². The third kappa shape index (κ3) is 3.93. The van der Waals surface area contributed by atoms with Crippen LogP contribution in [-0.2, 0) is 14.8 Å². The van der Waals surface area contributed by atoms with Gasteiger partial charge in [-0.25, -0.2) is 8.42 Å². The molecule has 6 heteroatoms. The molecule has 0 radical (unpaired) electrons. The molecule has 1 unspecified atom stereocenters. The number of nitrogens with zero attached hydrogens (tertiary/aromatic N) is 1. The Morgan fingerprint density at radius 1 is 1.20 bits per heavy atom. The number of rotatable bonds is 5. The third-order valence-corrected chi connectivity index (χ3v) is 6.70. The highest BCUT2D eigenvalue weighted by Crippen LogP contribution is 2.26. The normalized spacial score (nSPS) is 27.1. The van der Waals surface area contributed by atoms with E-state index in [4.69, 9.17) is 4.74 Å². The van der Waals surface area contributed by atoms with Crippen molar-refractivity contribution in [3.8, 4) is 0 Å². The van der Waals surface area contributed by atoms with Gasteiger partial charge < -0.3 is 10.1 Å². The van der Waals surface area contributed by atoms with Gasteiger partial charge in [-0.1, -0.05) is 20.3 Å². The maximum Gasteiger partial charge on any atom is 0.217 e. The minimum atomic E-state index is -3.17. The van der Waals surface area contributed by atoms with E-state index in [0.717, 1.165) is 25.8 Å². The van der Waals surface area contributed by atoms with Crippen LogP contribution in [0, 0.1) is 0 Å². The fourth-order valence-electron chi connectivity index (χ4n) is 3.05. The molecule has 0 spiro atoms. The van der Waals surface area contributed by atoms with Crippen LogP contribution in [0.1, 0.15) is 46.0 Å². The summed E-state index contributed by atoms with van der Waals surface area (Å²) in [6.45, 7) is 6.80. The van der Waals surface area contributed by atoms with E-state index in [1.54, 1.807) is 4.31 Å². The molecular weight excluding hydrogens is 276 g/mol. The first-order valence-corrected chi connectivity index (χ1v) is 9.34. The highest BCUT2D eigenvalue weighted by Gasteiger charge is 2.38. The monoisotopic (exact) mass is 304 g/mol. The molecule has 2 aliphatic heterocycles. The standard InChI is InChI=1S/C14H28N2O3S/c1-12(2)15-11-13-5-3-4-8-16(13)20(17,18)14-6-9-19-10-7-14/h12-15H,3-11H2,1-2H3. The lowest BCUT2D eigenvalue weighted by Gasteiger charge is -2.38. The van der Waals surface area contributed by atoms with E-state index >= 15 is 0 Å². The molecule has 1 atom stereocenters. The highest BCUT2D eigenvalue weighted by atomic mass is 32.2. The maximum atomic E-state index is 12.8. The Morgan fingerprint density at radius 3 is 2.55 bits per heavy atom. The zero-order chi connectivity index (χ0) is 14.6. The first-order chi connectivity index (χ1) is 9.51. The second kappa shape index (κ2) is 7.20. The molecule has 0 aromatic carbocycles. The molecule has 2 heterocycles. The molecule has 118 valence electrons. The average molecular weight is 304 g/mol. The van der Waals surface area contributed by atoms with Crippen molar-refractivity contribution in [2.24, 2.45) is 0 Å². The summed E-state index contributed by atoms with van der Waals surface area (Å²) in [4.78, 5) is 0. The van der Waals surface area contributed by atoms with Gasteiger partial charge in [-0.3, -0.25) is 0 Å². The summed E-state index contributed by atoms with van der Waals surface area (Å²) < 4.78 is 32.7. The molecule has 1 N–H and O–H groups in total. The number of nitrogens with one attached hydrogen (secondary N) is 1. The smallest absolute Gasteiger partial charge is 0.217 e. The number of hydrogen-bond donors (Lipinski definition) is 1. The first kappa shape index (κ1) is 16.2. The Hall–Kier alpha value is -0.170. The van der Waals surface area contributed by atoms with Gasteiger partial charge >= 0.3 is 0 Å². The topological polar surface area (TPSA) is 58.6 Å². The Kier molecular flexibility index (Phi) is 5.84. The average Bonchev–Trinajstić information content (AvgIpc) is 2.46. The van der Waals surface area contributed by atoms with Crippen molar-refractivity contribution >= 4 is 10.0 Å². The number of piperidine rings is 1. The SMILES string of the molecule is CC(C)NCC1CCCCN1S(=O)(=O)C1CCOCC1. The van der Waals surface area contributed by atoms with Crippen LogP contribution in [0.3, 0.4) is 0 Å². The van der Waals surface area contributed by atoms with Crippen molar-refractivity contribution in [3.05, 3.63) is 0 Å². The van der Waals surface area contributed by atoms with Crippen molar-refractivity contribution in [2.75, 3.05) is 26.3 Å². The highest BCUT2D eigenvalue weighted by molar-refractivity contribution is 7.89. The number of ether oxygens (including phenoxy) is 1. The fourth-order valence-corrected chi connectivity index (χ4v) is 5.20. The zero-order valence-corrected chi connectivity index (χ0v) is 13.5. The van der Waals surface area contributed by atoms with E-state index in [1.165, 1.54) is 0 Å². The molecule has 2 saturated heterocycles. The van der Waals surface area contributed by atoms with E-state index in [2.05, 4.69) is 19.2 Å². The van der Waals surface area contributed by atoms with E-state index < -0.39 is 10.0 Å². The minimum Gasteiger partial charge on any atom is -0.381 e. The van der Waals surface area contributed by atoms with Crippen molar-refractivity contribution < 1.29 is 13.2 Å². The lowest BCUT2D eigenvalue weighted by Crippen LogP contribution is -2.52. The van der Waals surface area contributed by atoms with Gasteiger partial charge in [0.2, 0.25) is 10.0 Å². The predicted octanol–water partition coefficient (Wildman–Crippen LogP) is 1.35. The first-order valence-electron chi connectivity index (χ1n) is 7.83. The lowest BCUT2D eigenvalue weighted by molar-refractivity contribution is 0.0962. The van der Waals surface area contributed by atoms with Gasteiger partial charge in [0.1, 0.15) is 0 Å². The minimum absolute atomic E-state index is 0.124. The van der Waals surface area contributed by atoms with Gasteiger partial charge in [-0.05, 0) is 25.7 Å². The molecule has 0 amide bonds. The molecule has 2 fully saturated rings. The Morgan fingerprint density at radius 2 is 1.90 bits per heavy atom. The van der Waals surface area contributed by atoms with Crippen LogP contribution in [0.25, 0.3) is 0 Å². The molecular formula is C14H28N2O3S. The van der Waals surface area contributed by atoms with Crippen LogP contribution < -0.4 is 5.32 Å². The predicted molar refractivity (Wildman–Crippen MR) is 80.2 cm³/mol. The Labute approximate surface area is 123 Å².